The van der Waals surface area contributed by atoms with E-state index in [0.717, 1.165) is 51.1 Å². The lowest BCUT2D eigenvalue weighted by Crippen LogP contribution is -2.39. The molecular weight excluding hydrogens is 1370 g/mol. The highest BCUT2D eigenvalue weighted by molar-refractivity contribution is 7.97. The molecule has 4 aliphatic carbocycles. The van der Waals surface area contributed by atoms with Crippen LogP contribution in [0.1, 0.15) is 96.3 Å². The van der Waals surface area contributed by atoms with Crippen LogP contribution < -0.4 is 9.47 Å². The van der Waals surface area contributed by atoms with E-state index in [1.807, 2.05) is 84.9 Å². The van der Waals surface area contributed by atoms with Crippen LogP contribution in [0, 0.1) is 35.5 Å². The van der Waals surface area contributed by atoms with Gasteiger partial charge in [-0.05, 0) is 161 Å². The molecule has 0 spiro atoms. The Labute approximate surface area is 603 Å². The summed E-state index contributed by atoms with van der Waals surface area (Å²) in [7, 11) is -0.385. The van der Waals surface area contributed by atoms with Crippen LogP contribution in [0.4, 0.5) is 0 Å². The molecule has 2 heterocycles. The molecule has 6 aliphatic rings. The maximum atomic E-state index is 14.2. The molecular formula is C77H87O26S+. The Morgan fingerprint density at radius 2 is 0.808 bits per heavy atom. The maximum absolute atomic E-state index is 14.2. The highest BCUT2D eigenvalue weighted by Crippen LogP contribution is 2.41. The summed E-state index contributed by atoms with van der Waals surface area (Å²) in [6, 6.07) is 41.0. The quantitative estimate of drug-likeness (QED) is 0.0172. The average Bonchev–Trinajstić information content (AvgIpc) is 1.53. The van der Waals surface area contributed by atoms with E-state index in [-0.39, 0.29) is 118 Å². The topological polar surface area (TPSA) is 347 Å². The van der Waals surface area contributed by atoms with E-state index in [0.29, 0.717) is 37.2 Å². The zero-order valence-electron chi connectivity index (χ0n) is 57.5. The molecule has 26 nitrogen and oxygen atoms in total. The van der Waals surface area contributed by atoms with Gasteiger partial charge in [0.05, 0.1) is 112 Å². The summed E-state index contributed by atoms with van der Waals surface area (Å²) in [5, 5.41) is 23.8. The smallest absolute Gasteiger partial charge is 0.344 e. The first kappa shape index (κ1) is 76.0. The summed E-state index contributed by atoms with van der Waals surface area (Å²) < 4.78 is 76.6. The summed E-state index contributed by atoms with van der Waals surface area (Å²) in [5.41, 5.74) is 0. The zero-order chi connectivity index (χ0) is 72.9. The number of esters is 10. The molecule has 0 bridgehead atoms. The van der Waals surface area contributed by atoms with Gasteiger partial charge in [0.25, 0.3) is 0 Å². The number of hydrogen-bond acceptors (Lipinski definition) is 26. The Morgan fingerprint density at radius 1 is 0.385 bits per heavy atom. The van der Waals surface area contributed by atoms with Gasteiger partial charge < -0.3 is 76.5 Å². The van der Waals surface area contributed by atoms with Gasteiger partial charge >= 0.3 is 59.7 Å². The number of ether oxygens (including phenoxy) is 14. The van der Waals surface area contributed by atoms with Crippen molar-refractivity contribution in [3.05, 3.63) is 127 Å². The average molecular weight is 1460 g/mol. The number of epoxide rings is 2. The Kier molecular flexibility index (Phi) is 27.4. The van der Waals surface area contributed by atoms with Crippen molar-refractivity contribution < 1.29 is 124 Å². The minimum Gasteiger partial charge on any atom is -0.492 e. The Bertz CT molecular complexity index is 3710. The molecule has 27 heteroatoms. The van der Waals surface area contributed by atoms with Crippen molar-refractivity contribution in [3.8, 4) is 11.5 Å². The van der Waals surface area contributed by atoms with Crippen molar-refractivity contribution in [2.45, 2.75) is 160 Å². The van der Waals surface area contributed by atoms with Crippen LogP contribution >= 0.6 is 0 Å². The predicted octanol–water partition coefficient (Wildman–Crippen LogP) is 7.42. The van der Waals surface area contributed by atoms with Crippen molar-refractivity contribution in [2.24, 2.45) is 35.5 Å². The molecule has 2 N–H and O–H groups in total. The molecule has 5 aromatic carbocycles. The number of benzene rings is 5. The van der Waals surface area contributed by atoms with Crippen LogP contribution in [0.3, 0.4) is 0 Å². The normalized spacial score (nSPS) is 24.2. The molecule has 5 aromatic rings. The second-order valence-corrected chi connectivity index (χ2v) is 29.0. The molecule has 0 aromatic heterocycles. The molecule has 2 aliphatic heterocycles. The van der Waals surface area contributed by atoms with E-state index in [4.69, 9.17) is 66.3 Å². The van der Waals surface area contributed by atoms with Crippen LogP contribution in [0.5, 0.6) is 11.5 Å². The second-order valence-electron chi connectivity index (χ2n) is 27.0. The zero-order valence-corrected chi connectivity index (χ0v) is 58.3. The maximum Gasteiger partial charge on any atom is 0.344 e. The molecule has 0 radical (unpaired) electrons. The van der Waals surface area contributed by atoms with Gasteiger partial charge in [-0.1, -0.05) is 72.8 Å². The van der Waals surface area contributed by atoms with E-state index in [1.165, 1.54) is 0 Å². The van der Waals surface area contributed by atoms with Gasteiger partial charge in [-0.25, -0.2) is 24.0 Å². The molecule has 556 valence electrons. The standard InChI is InChI=1S/C77H87O26S/c78-59-32-47(18-26-62(59)102-68(80)30-31-90-61-17-9-11-51-10-7-8-16-56(51)61)38-92-71(83)42-96-69(81)36-57(76(88)98-44-73(85)94-40-49-20-28-64-66(34-49)100-64)58(77(89)99-45-74(86)95-41-50-21-29-65-67(35-50)101-65)37-70(82)97-43-72(84)93-39-48-19-27-63(60(79)33-48)103-75(87)46-91-52-22-24-55(25-23-52)104(53-12-3-1-4-13-53)54-14-5-2-6-15-54/h1-17,22-25,47-50,57-60,62-67,78-79H,18-21,26-46H2/q+1. The third-order valence-electron chi connectivity index (χ3n) is 19.4. The lowest BCUT2D eigenvalue weighted by Gasteiger charge is -2.32. The van der Waals surface area contributed by atoms with Gasteiger partial charge in [-0.2, -0.15) is 0 Å². The van der Waals surface area contributed by atoms with E-state index in [9.17, 15) is 58.2 Å². The monoisotopic (exact) mass is 1460 g/mol. The second kappa shape index (κ2) is 37.5. The number of aliphatic hydroxyl groups is 2. The first-order valence-corrected chi connectivity index (χ1v) is 36.7. The molecule has 14 atom stereocenters. The number of carbonyl (C=O) groups excluding carboxylic acids is 10. The minimum atomic E-state index is -2.04. The van der Waals surface area contributed by atoms with E-state index >= 15 is 0 Å². The molecule has 14 unspecified atom stereocenters. The summed E-state index contributed by atoms with van der Waals surface area (Å²) in [6.07, 6.45) is 0.109. The van der Waals surface area contributed by atoms with Crippen molar-refractivity contribution in [2.75, 3.05) is 66.1 Å². The highest BCUT2D eigenvalue weighted by atomic mass is 32.2. The largest absolute Gasteiger partial charge is 0.492 e. The highest BCUT2D eigenvalue weighted by Gasteiger charge is 2.46. The number of fused-ring (bicyclic) bond motifs is 3. The predicted molar refractivity (Wildman–Crippen MR) is 363 cm³/mol. The number of carbonyl (C=O) groups is 10. The fourth-order valence-electron chi connectivity index (χ4n) is 13.6. The van der Waals surface area contributed by atoms with Gasteiger partial charge in [0, 0.05) is 5.39 Å². The lowest BCUT2D eigenvalue weighted by molar-refractivity contribution is -0.174. The van der Waals surface area contributed by atoms with E-state index in [1.54, 1.807) is 18.2 Å². The third kappa shape index (κ3) is 22.9. The first-order chi connectivity index (χ1) is 50.4. The molecule has 104 heavy (non-hydrogen) atoms. The first-order valence-electron chi connectivity index (χ1n) is 35.4. The number of aliphatic hydroxyl groups excluding tert-OH is 2. The minimum absolute atomic E-state index is 0.00714. The Hall–Kier alpha value is -9.15. The van der Waals surface area contributed by atoms with E-state index < -0.39 is 148 Å². The van der Waals surface area contributed by atoms with Gasteiger partial charge in [0.15, 0.2) is 47.7 Å². The van der Waals surface area contributed by atoms with E-state index in [2.05, 4.69) is 24.3 Å². The molecule has 0 amide bonds. The Balaban J connectivity index is 0.650. The summed E-state index contributed by atoms with van der Waals surface area (Å²) in [6.45, 7) is -4.89. The number of rotatable bonds is 35. The van der Waals surface area contributed by atoms with Gasteiger partial charge in [-0.3, -0.25) is 24.0 Å². The molecule has 2 saturated heterocycles. The summed E-state index contributed by atoms with van der Waals surface area (Å²) in [4.78, 5) is 137. The van der Waals surface area contributed by atoms with Crippen LogP contribution in [-0.2, 0) is 116 Å². The van der Waals surface area contributed by atoms with Gasteiger partial charge in [-0.15, -0.1) is 0 Å². The summed E-state index contributed by atoms with van der Waals surface area (Å²) >= 11 is 0. The van der Waals surface area contributed by atoms with Gasteiger partial charge in [0.1, 0.15) is 23.7 Å². The Morgan fingerprint density at radius 3 is 1.29 bits per heavy atom. The summed E-state index contributed by atoms with van der Waals surface area (Å²) in [5.74, 6) is -14.6. The van der Waals surface area contributed by atoms with Crippen molar-refractivity contribution in [3.63, 3.8) is 0 Å². The SMILES string of the molecule is O=C(COC(=O)CC(C(=O)OCC(=O)OCC1CCC2OC2C1)C(CC(=O)OCC(=O)OCC1CCC(OC(=O)COc2ccc([S+](c3ccccc3)c3ccccc3)cc2)C(O)C1)C(=O)OCC(=O)OCC1CCC2OC2C1)OCC1CCC(OC(=O)CCOc2cccc3ccccc23)C(O)C1. The molecule has 4 saturated carbocycles. The van der Waals surface area contributed by atoms with Crippen LogP contribution in [0.15, 0.2) is 142 Å². The fraction of sp³-hybridized carbons (Fsp3) is 0.506. The van der Waals surface area contributed by atoms with Crippen LogP contribution in [0.2, 0.25) is 0 Å². The third-order valence-corrected chi connectivity index (χ3v) is 21.6. The van der Waals surface area contributed by atoms with Crippen LogP contribution in [-0.4, -0.2) is 185 Å². The molecule has 11 rings (SSSR count). The van der Waals surface area contributed by atoms with Crippen molar-refractivity contribution in [1.82, 2.24) is 0 Å². The van der Waals surface area contributed by atoms with Crippen molar-refractivity contribution >= 4 is 81.4 Å². The number of hydrogen-bond donors (Lipinski definition) is 2. The molecule has 6 fully saturated rings. The van der Waals surface area contributed by atoms with Crippen LogP contribution in [0.25, 0.3) is 10.8 Å². The van der Waals surface area contributed by atoms with Crippen molar-refractivity contribution in [1.29, 1.82) is 0 Å². The van der Waals surface area contributed by atoms with Gasteiger partial charge in [0.2, 0.25) is 0 Å². The lowest BCUT2D eigenvalue weighted by atomic mass is 9.86. The fourth-order valence-corrected chi connectivity index (χ4v) is 15.7.